The minimum absolute atomic E-state index is 0.535. The molecule has 0 spiro atoms. The largest absolute Gasteiger partial charge is 0.377 e. The number of imidazole rings is 1. The molecule has 1 unspecified atom stereocenters. The van der Waals surface area contributed by atoms with Gasteiger partial charge in [0.1, 0.15) is 17.9 Å². The molecule has 3 heterocycles. The van der Waals surface area contributed by atoms with Crippen LogP contribution in [0.1, 0.15) is 37.1 Å². The third-order valence-corrected chi connectivity index (χ3v) is 4.19. The Kier molecular flexibility index (Phi) is 4.51. The summed E-state index contributed by atoms with van der Waals surface area (Å²) in [5.74, 6) is 0.974. The van der Waals surface area contributed by atoms with Crippen molar-refractivity contribution in [2.45, 2.75) is 51.8 Å². The minimum atomic E-state index is 0.535. The highest BCUT2D eigenvalue weighted by Gasteiger charge is 2.16. The number of nitrogens with one attached hydrogen (secondary N) is 1. The summed E-state index contributed by atoms with van der Waals surface area (Å²) in [5.41, 5.74) is 3.09. The Morgan fingerprint density at radius 2 is 2.33 bits per heavy atom. The van der Waals surface area contributed by atoms with Crippen LogP contribution in [0, 0.1) is 6.92 Å². The van der Waals surface area contributed by atoms with Crippen molar-refractivity contribution < 1.29 is 4.74 Å². The van der Waals surface area contributed by atoms with E-state index < -0.39 is 0 Å². The molecule has 114 valence electrons. The third kappa shape index (κ3) is 3.24. The Hall–Kier alpha value is -1.46. The van der Waals surface area contributed by atoms with Gasteiger partial charge in [-0.05, 0) is 44.4 Å². The molecule has 1 N–H and O–H groups in total. The molecule has 0 aliphatic carbocycles. The van der Waals surface area contributed by atoms with Gasteiger partial charge in [-0.2, -0.15) is 0 Å². The van der Waals surface area contributed by atoms with Crippen LogP contribution >= 0.6 is 0 Å². The van der Waals surface area contributed by atoms with E-state index in [0.29, 0.717) is 12.6 Å². The smallest absolute Gasteiger partial charge is 0.160 e. The molecule has 1 aliphatic rings. The van der Waals surface area contributed by atoms with Gasteiger partial charge in [0.2, 0.25) is 0 Å². The zero-order chi connectivity index (χ0) is 14.7. The number of ether oxygens (including phenoxy) is 1. The van der Waals surface area contributed by atoms with Crippen LogP contribution in [0.5, 0.6) is 0 Å². The van der Waals surface area contributed by atoms with Gasteiger partial charge in [0, 0.05) is 25.9 Å². The van der Waals surface area contributed by atoms with E-state index in [9.17, 15) is 0 Å². The fraction of sp³-hybridized carbons (Fsp3) is 0.625. The van der Waals surface area contributed by atoms with Crippen molar-refractivity contribution >= 4 is 11.2 Å². The highest BCUT2D eigenvalue weighted by molar-refractivity contribution is 5.72. The van der Waals surface area contributed by atoms with Gasteiger partial charge in [0.25, 0.3) is 0 Å². The van der Waals surface area contributed by atoms with E-state index in [1.165, 1.54) is 19.3 Å². The Balaban J connectivity index is 1.82. The molecular weight excluding hydrogens is 264 g/mol. The Bertz CT molecular complexity index is 602. The topological polar surface area (TPSA) is 52.0 Å². The molecular formula is C16H24N4O. The van der Waals surface area contributed by atoms with E-state index in [4.69, 9.17) is 4.74 Å². The van der Waals surface area contributed by atoms with Crippen molar-refractivity contribution in [3.05, 3.63) is 23.7 Å². The predicted octanol–water partition coefficient (Wildman–Crippen LogP) is 2.42. The van der Waals surface area contributed by atoms with Gasteiger partial charge >= 0.3 is 0 Å². The van der Waals surface area contributed by atoms with Gasteiger partial charge in [0.15, 0.2) is 5.65 Å². The second-order valence-electron chi connectivity index (χ2n) is 5.90. The molecule has 5 heteroatoms. The minimum Gasteiger partial charge on any atom is -0.377 e. The summed E-state index contributed by atoms with van der Waals surface area (Å²) in [6, 6.07) is 2.72. The molecule has 0 amide bonds. The summed E-state index contributed by atoms with van der Waals surface area (Å²) < 4.78 is 7.51. The van der Waals surface area contributed by atoms with Gasteiger partial charge < -0.3 is 14.6 Å². The Morgan fingerprint density at radius 3 is 3.10 bits per heavy atom. The first-order valence-corrected chi connectivity index (χ1v) is 7.82. The van der Waals surface area contributed by atoms with E-state index in [1.807, 2.05) is 13.1 Å². The quantitative estimate of drug-likeness (QED) is 0.918. The number of hydrogen-bond acceptors (Lipinski definition) is 4. The molecule has 2 aromatic rings. The number of piperidine rings is 1. The van der Waals surface area contributed by atoms with Crippen molar-refractivity contribution in [1.82, 2.24) is 19.9 Å². The number of pyridine rings is 1. The van der Waals surface area contributed by atoms with Gasteiger partial charge in [-0.3, -0.25) is 0 Å². The van der Waals surface area contributed by atoms with E-state index in [-0.39, 0.29) is 0 Å². The number of aromatic nitrogens is 3. The molecule has 0 bridgehead atoms. The number of rotatable bonds is 5. The maximum Gasteiger partial charge on any atom is 0.160 e. The van der Waals surface area contributed by atoms with Gasteiger partial charge in [0.05, 0.1) is 0 Å². The number of hydrogen-bond donors (Lipinski definition) is 1. The third-order valence-electron chi connectivity index (χ3n) is 4.19. The van der Waals surface area contributed by atoms with Crippen LogP contribution in [0.3, 0.4) is 0 Å². The Labute approximate surface area is 125 Å². The van der Waals surface area contributed by atoms with Gasteiger partial charge in [-0.15, -0.1) is 0 Å². The summed E-state index contributed by atoms with van der Waals surface area (Å²) in [6.07, 6.45) is 6.96. The van der Waals surface area contributed by atoms with Crippen LogP contribution in [0.15, 0.2) is 12.3 Å². The van der Waals surface area contributed by atoms with Crippen molar-refractivity contribution in [1.29, 1.82) is 0 Å². The normalized spacial score (nSPS) is 19.2. The first kappa shape index (κ1) is 14.5. The number of aryl methyl sites for hydroxylation is 2. The molecule has 5 nitrogen and oxygen atoms in total. The fourth-order valence-electron chi connectivity index (χ4n) is 3.09. The molecule has 1 fully saturated rings. The summed E-state index contributed by atoms with van der Waals surface area (Å²) >= 11 is 0. The SMILES string of the molecule is COCc1nc2cc(C)cnc2n1CCC1CCCCN1. The van der Waals surface area contributed by atoms with Gasteiger partial charge in [-0.25, -0.2) is 9.97 Å². The van der Waals surface area contributed by atoms with Crippen LogP contribution in [0.25, 0.3) is 11.2 Å². The lowest BCUT2D eigenvalue weighted by molar-refractivity contribution is 0.174. The molecule has 1 saturated heterocycles. The predicted molar refractivity (Wildman–Crippen MR) is 83.2 cm³/mol. The summed E-state index contributed by atoms with van der Waals surface area (Å²) in [7, 11) is 1.71. The second-order valence-corrected chi connectivity index (χ2v) is 5.90. The Morgan fingerprint density at radius 1 is 1.43 bits per heavy atom. The monoisotopic (exact) mass is 288 g/mol. The van der Waals surface area contributed by atoms with E-state index in [1.54, 1.807) is 7.11 Å². The summed E-state index contributed by atoms with van der Waals surface area (Å²) in [5, 5.41) is 3.60. The molecule has 1 aliphatic heterocycles. The van der Waals surface area contributed by atoms with Crippen LogP contribution in [-0.2, 0) is 17.9 Å². The average Bonchev–Trinajstić information content (AvgIpc) is 2.83. The lowest BCUT2D eigenvalue weighted by Crippen LogP contribution is -2.34. The first-order chi connectivity index (χ1) is 10.3. The molecule has 2 aromatic heterocycles. The van der Waals surface area contributed by atoms with E-state index in [2.05, 4.69) is 25.9 Å². The summed E-state index contributed by atoms with van der Waals surface area (Å²) in [4.78, 5) is 9.25. The highest BCUT2D eigenvalue weighted by Crippen LogP contribution is 2.18. The summed E-state index contributed by atoms with van der Waals surface area (Å²) in [6.45, 7) is 4.68. The number of methoxy groups -OCH3 is 1. The van der Waals surface area contributed by atoms with Gasteiger partial charge in [-0.1, -0.05) is 6.42 Å². The number of fused-ring (bicyclic) bond motifs is 1. The molecule has 0 saturated carbocycles. The second kappa shape index (κ2) is 6.54. The average molecular weight is 288 g/mol. The fourth-order valence-corrected chi connectivity index (χ4v) is 3.09. The van der Waals surface area contributed by atoms with Crippen LogP contribution in [0.4, 0.5) is 0 Å². The van der Waals surface area contributed by atoms with Crippen molar-refractivity contribution in [3.8, 4) is 0 Å². The standard InChI is InChI=1S/C16H24N4O/c1-12-9-14-16(18-10-12)20(15(19-14)11-21-2)8-6-13-5-3-4-7-17-13/h9-10,13,17H,3-8,11H2,1-2H3. The first-order valence-electron chi connectivity index (χ1n) is 7.82. The zero-order valence-corrected chi connectivity index (χ0v) is 12.9. The lowest BCUT2D eigenvalue weighted by atomic mass is 10.0. The highest BCUT2D eigenvalue weighted by atomic mass is 16.5. The van der Waals surface area contributed by atoms with Crippen molar-refractivity contribution in [2.75, 3.05) is 13.7 Å². The van der Waals surface area contributed by atoms with Crippen LogP contribution in [-0.4, -0.2) is 34.2 Å². The molecule has 3 rings (SSSR count). The lowest BCUT2D eigenvalue weighted by Gasteiger charge is -2.23. The van der Waals surface area contributed by atoms with Crippen molar-refractivity contribution in [2.24, 2.45) is 0 Å². The maximum atomic E-state index is 5.29. The van der Waals surface area contributed by atoms with E-state index >= 15 is 0 Å². The number of nitrogens with zero attached hydrogens (tertiary/aromatic N) is 3. The maximum absolute atomic E-state index is 5.29. The van der Waals surface area contributed by atoms with Crippen LogP contribution < -0.4 is 5.32 Å². The molecule has 21 heavy (non-hydrogen) atoms. The molecule has 0 aromatic carbocycles. The molecule has 1 atom stereocenters. The zero-order valence-electron chi connectivity index (χ0n) is 12.9. The van der Waals surface area contributed by atoms with E-state index in [0.717, 1.165) is 42.1 Å². The van der Waals surface area contributed by atoms with Crippen LogP contribution in [0.2, 0.25) is 0 Å². The van der Waals surface area contributed by atoms with Crippen molar-refractivity contribution in [3.63, 3.8) is 0 Å². The molecule has 0 radical (unpaired) electrons.